The van der Waals surface area contributed by atoms with Gasteiger partial charge in [-0.25, -0.2) is 9.07 Å². The number of hydrogen-bond acceptors (Lipinski definition) is 4. The number of amides is 1. The molecule has 1 heterocycles. The van der Waals surface area contributed by atoms with E-state index in [1.165, 1.54) is 10.7 Å². The number of aryl methyl sites for hydroxylation is 2. The number of benzene rings is 2. The van der Waals surface area contributed by atoms with Crippen LogP contribution in [-0.4, -0.2) is 28.1 Å². The molecule has 1 aromatic heterocycles. The van der Waals surface area contributed by atoms with Gasteiger partial charge < -0.3 is 14.8 Å². The maximum Gasteiger partial charge on any atom is 0.263 e. The summed E-state index contributed by atoms with van der Waals surface area (Å²) in [5.74, 6) is 0.230. The lowest BCUT2D eigenvalue weighted by Gasteiger charge is -2.10. The number of anilines is 1. The van der Waals surface area contributed by atoms with Crippen LogP contribution in [0, 0.1) is 12.7 Å². The second-order valence-electron chi connectivity index (χ2n) is 6.72. The molecule has 29 heavy (non-hydrogen) atoms. The van der Waals surface area contributed by atoms with E-state index in [9.17, 15) is 14.0 Å². The van der Waals surface area contributed by atoms with Crippen molar-refractivity contribution in [3.8, 4) is 11.4 Å². The van der Waals surface area contributed by atoms with E-state index in [0.717, 1.165) is 5.56 Å². The van der Waals surface area contributed by atoms with Gasteiger partial charge in [0.15, 0.2) is 6.61 Å². The molecule has 0 fully saturated rings. The van der Waals surface area contributed by atoms with Gasteiger partial charge >= 0.3 is 0 Å². The average Bonchev–Trinajstić information content (AvgIpc) is 3.05. The molecule has 0 radical (unpaired) electrons. The summed E-state index contributed by atoms with van der Waals surface area (Å²) in [6.45, 7) is 3.13. The molecule has 0 bridgehead atoms. The van der Waals surface area contributed by atoms with Gasteiger partial charge in [-0.3, -0.25) is 4.79 Å². The second kappa shape index (κ2) is 9.14. The molecular weight excluding hydrogens is 373 g/mol. The van der Waals surface area contributed by atoms with Crippen LogP contribution < -0.4 is 10.1 Å². The van der Waals surface area contributed by atoms with Crippen molar-refractivity contribution in [2.24, 2.45) is 0 Å². The normalized spacial score (nSPS) is 10.6. The van der Waals surface area contributed by atoms with Crippen LogP contribution in [0.25, 0.3) is 5.69 Å². The second-order valence-corrected chi connectivity index (χ2v) is 6.72. The Morgan fingerprint density at radius 3 is 2.55 bits per heavy atom. The van der Waals surface area contributed by atoms with Crippen LogP contribution in [0.1, 0.15) is 24.6 Å². The standard InChI is InChI=1S/C22H22FN3O3/c1-15-13-21(26(25-15)20-6-4-3-5-19(20)23)24-22(28)14-29-18-11-9-17(10-12-18)8-7-16(2)27/h3-6,9-13H,7-8,14H2,1-2H3,(H,24,28). The van der Waals surface area contributed by atoms with E-state index >= 15 is 0 Å². The number of ether oxygens (including phenoxy) is 1. The van der Waals surface area contributed by atoms with Crippen LogP contribution in [-0.2, 0) is 16.0 Å². The smallest absolute Gasteiger partial charge is 0.263 e. The molecule has 0 aliphatic heterocycles. The van der Waals surface area contributed by atoms with E-state index in [-0.39, 0.29) is 24.0 Å². The van der Waals surface area contributed by atoms with Crippen molar-refractivity contribution < 1.29 is 18.7 Å². The van der Waals surface area contributed by atoms with E-state index in [2.05, 4.69) is 10.4 Å². The van der Waals surface area contributed by atoms with Gasteiger partial charge in [-0.2, -0.15) is 5.10 Å². The number of nitrogens with zero attached hydrogens (tertiary/aromatic N) is 2. The minimum atomic E-state index is -0.438. The fraction of sp³-hybridized carbons (Fsp3) is 0.227. The summed E-state index contributed by atoms with van der Waals surface area (Å²) >= 11 is 0. The van der Waals surface area contributed by atoms with Crippen molar-refractivity contribution in [3.63, 3.8) is 0 Å². The molecule has 1 N–H and O–H groups in total. The summed E-state index contributed by atoms with van der Waals surface area (Å²) in [4.78, 5) is 23.3. The summed E-state index contributed by atoms with van der Waals surface area (Å²) in [5.41, 5.74) is 1.92. The van der Waals surface area contributed by atoms with Gasteiger partial charge in [-0.15, -0.1) is 0 Å². The summed E-state index contributed by atoms with van der Waals surface area (Å²) in [6.07, 6.45) is 1.17. The number of ketones is 1. The topological polar surface area (TPSA) is 73.2 Å². The molecule has 0 aliphatic rings. The van der Waals surface area contributed by atoms with Gasteiger partial charge in [0.1, 0.15) is 28.9 Å². The summed E-state index contributed by atoms with van der Waals surface area (Å²) in [5, 5.41) is 6.95. The van der Waals surface area contributed by atoms with Crippen LogP contribution in [0.4, 0.5) is 10.2 Å². The predicted octanol–water partition coefficient (Wildman–Crippen LogP) is 3.86. The predicted molar refractivity (Wildman–Crippen MR) is 108 cm³/mol. The number of rotatable bonds is 8. The first-order valence-corrected chi connectivity index (χ1v) is 9.25. The van der Waals surface area contributed by atoms with Crippen LogP contribution in [0.15, 0.2) is 54.6 Å². The number of aromatic nitrogens is 2. The molecule has 150 valence electrons. The highest BCUT2D eigenvalue weighted by Gasteiger charge is 2.14. The number of carbonyl (C=O) groups excluding carboxylic acids is 2. The van der Waals surface area contributed by atoms with E-state index in [0.29, 0.717) is 30.1 Å². The first-order valence-electron chi connectivity index (χ1n) is 9.25. The van der Waals surface area contributed by atoms with Crippen LogP contribution >= 0.6 is 0 Å². The van der Waals surface area contributed by atoms with Crippen LogP contribution in [0.3, 0.4) is 0 Å². The van der Waals surface area contributed by atoms with E-state index in [4.69, 9.17) is 4.74 Å². The van der Waals surface area contributed by atoms with Crippen molar-refractivity contribution in [1.82, 2.24) is 9.78 Å². The summed E-state index contributed by atoms with van der Waals surface area (Å²) in [6, 6.07) is 15.1. The Labute approximate surface area is 168 Å². The number of Topliss-reactive ketones (excluding diaryl/α,β-unsaturated/α-hetero) is 1. The van der Waals surface area contributed by atoms with Crippen molar-refractivity contribution in [3.05, 3.63) is 71.7 Å². The third-order valence-corrected chi connectivity index (χ3v) is 4.24. The fourth-order valence-corrected chi connectivity index (χ4v) is 2.80. The van der Waals surface area contributed by atoms with Crippen molar-refractivity contribution in [2.75, 3.05) is 11.9 Å². The number of carbonyl (C=O) groups is 2. The number of halogens is 1. The lowest BCUT2D eigenvalue weighted by atomic mass is 10.1. The molecule has 0 aliphatic carbocycles. The first-order chi connectivity index (χ1) is 13.9. The fourth-order valence-electron chi connectivity index (χ4n) is 2.80. The Kier molecular flexibility index (Phi) is 6.39. The first kappa shape index (κ1) is 20.3. The zero-order valence-corrected chi connectivity index (χ0v) is 16.3. The van der Waals surface area contributed by atoms with Gasteiger partial charge in [0, 0.05) is 12.5 Å². The Morgan fingerprint density at radius 2 is 1.86 bits per heavy atom. The van der Waals surface area contributed by atoms with Crippen LogP contribution in [0.5, 0.6) is 5.75 Å². The monoisotopic (exact) mass is 395 g/mol. The molecule has 0 spiro atoms. The minimum absolute atomic E-state index is 0.145. The van der Waals surface area contributed by atoms with E-state index < -0.39 is 5.82 Å². The van der Waals surface area contributed by atoms with E-state index in [1.54, 1.807) is 50.2 Å². The lowest BCUT2D eigenvalue weighted by molar-refractivity contribution is -0.118. The SMILES string of the molecule is CC(=O)CCc1ccc(OCC(=O)Nc2cc(C)nn2-c2ccccc2F)cc1. The van der Waals surface area contributed by atoms with Gasteiger partial charge in [0.05, 0.1) is 5.69 Å². The Balaban J connectivity index is 1.60. The van der Waals surface area contributed by atoms with Crippen molar-refractivity contribution in [1.29, 1.82) is 0 Å². The molecule has 0 saturated heterocycles. The maximum atomic E-state index is 14.1. The maximum absolute atomic E-state index is 14.1. The molecule has 3 rings (SSSR count). The Morgan fingerprint density at radius 1 is 1.14 bits per heavy atom. The average molecular weight is 395 g/mol. The molecular formula is C22H22FN3O3. The largest absolute Gasteiger partial charge is 0.484 e. The van der Waals surface area contributed by atoms with Crippen molar-refractivity contribution >= 4 is 17.5 Å². The van der Waals surface area contributed by atoms with Gasteiger partial charge in [-0.05, 0) is 50.1 Å². The minimum Gasteiger partial charge on any atom is -0.484 e. The zero-order valence-electron chi connectivity index (χ0n) is 16.3. The number of nitrogens with one attached hydrogen (secondary N) is 1. The van der Waals surface area contributed by atoms with Gasteiger partial charge in [0.25, 0.3) is 5.91 Å². The summed E-state index contributed by atoms with van der Waals surface area (Å²) in [7, 11) is 0. The molecule has 2 aromatic carbocycles. The lowest BCUT2D eigenvalue weighted by Crippen LogP contribution is -2.22. The highest BCUT2D eigenvalue weighted by atomic mass is 19.1. The Hall–Kier alpha value is -3.48. The van der Waals surface area contributed by atoms with Gasteiger partial charge in [-0.1, -0.05) is 24.3 Å². The Bertz CT molecular complexity index is 1010. The molecule has 3 aromatic rings. The van der Waals surface area contributed by atoms with Crippen LogP contribution in [0.2, 0.25) is 0 Å². The van der Waals surface area contributed by atoms with Gasteiger partial charge in [0.2, 0.25) is 0 Å². The highest BCUT2D eigenvalue weighted by molar-refractivity contribution is 5.91. The molecule has 7 heteroatoms. The van der Waals surface area contributed by atoms with Crippen molar-refractivity contribution in [2.45, 2.75) is 26.7 Å². The molecule has 1 amide bonds. The zero-order chi connectivity index (χ0) is 20.8. The third kappa shape index (κ3) is 5.51. The summed E-state index contributed by atoms with van der Waals surface area (Å²) < 4.78 is 21.0. The van der Waals surface area contributed by atoms with E-state index in [1.807, 2.05) is 12.1 Å². The number of para-hydroxylation sites is 1. The molecule has 0 saturated carbocycles. The molecule has 0 atom stereocenters. The highest BCUT2D eigenvalue weighted by Crippen LogP contribution is 2.20. The number of hydrogen-bond donors (Lipinski definition) is 1. The molecule has 6 nitrogen and oxygen atoms in total. The molecule has 0 unspecified atom stereocenters. The third-order valence-electron chi connectivity index (χ3n) is 4.24. The quantitative estimate of drug-likeness (QED) is 0.629.